The fourth-order valence-electron chi connectivity index (χ4n) is 3.41. The first-order valence-corrected chi connectivity index (χ1v) is 13.3. The molecule has 226 valence electrons. The van der Waals surface area contributed by atoms with Crippen molar-refractivity contribution in [2.75, 3.05) is 6.61 Å². The van der Waals surface area contributed by atoms with Gasteiger partial charge in [-0.2, -0.15) is 0 Å². The third kappa shape index (κ3) is 12.2. The number of aromatic nitrogens is 1. The van der Waals surface area contributed by atoms with Gasteiger partial charge in [-0.15, -0.1) is 0 Å². The van der Waals surface area contributed by atoms with E-state index in [9.17, 15) is 28.8 Å². The highest BCUT2D eigenvalue weighted by molar-refractivity contribution is 6.50. The summed E-state index contributed by atoms with van der Waals surface area (Å²) < 4.78 is 10.6. The Morgan fingerprint density at radius 2 is 1.56 bits per heavy atom. The molecule has 2 atom stereocenters. The number of Topliss-reactive ketones (excluding diaryl/α,β-unsaturated/α-hetero) is 1. The molecule has 43 heavy (non-hydrogen) atoms. The summed E-state index contributed by atoms with van der Waals surface area (Å²) in [5.74, 6) is -2.23. The second-order valence-electron chi connectivity index (χ2n) is 9.49. The third-order valence-corrected chi connectivity index (χ3v) is 5.48. The molecule has 13 nitrogen and oxygen atoms in total. The molecule has 4 N–H and O–H groups in total. The van der Waals surface area contributed by atoms with Crippen LogP contribution in [0.5, 0.6) is 0 Å². The molecule has 2 amide bonds. The maximum atomic E-state index is 13.3. The lowest BCUT2D eigenvalue weighted by Crippen LogP contribution is -2.57. The van der Waals surface area contributed by atoms with Crippen molar-refractivity contribution in [3.63, 3.8) is 0 Å². The van der Waals surface area contributed by atoms with Crippen LogP contribution in [0.25, 0.3) is 11.3 Å². The van der Waals surface area contributed by atoms with E-state index in [0.29, 0.717) is 5.69 Å². The van der Waals surface area contributed by atoms with Crippen molar-refractivity contribution in [3.8, 4) is 23.1 Å². The zero-order valence-corrected chi connectivity index (χ0v) is 23.9. The number of pyridine rings is 1. The number of benzene rings is 1. The van der Waals surface area contributed by atoms with Crippen molar-refractivity contribution in [2.45, 2.75) is 52.0 Å². The van der Waals surface area contributed by atoms with Crippen molar-refractivity contribution in [3.05, 3.63) is 54.2 Å². The van der Waals surface area contributed by atoms with Crippen molar-refractivity contribution >= 4 is 42.6 Å². The summed E-state index contributed by atoms with van der Waals surface area (Å²) in [5.41, 5.74) is 1.18. The van der Waals surface area contributed by atoms with Crippen LogP contribution in [0.2, 0.25) is 0 Å². The van der Waals surface area contributed by atoms with E-state index < -0.39 is 80.5 Å². The maximum absolute atomic E-state index is 13.3. The van der Waals surface area contributed by atoms with Crippen molar-refractivity contribution in [1.29, 1.82) is 0 Å². The number of carbonyl (C=O) groups is 6. The van der Waals surface area contributed by atoms with Gasteiger partial charge in [0.05, 0.1) is 25.0 Å². The van der Waals surface area contributed by atoms with Gasteiger partial charge in [-0.05, 0) is 19.1 Å². The largest absolute Gasteiger partial charge is 0.564 e. The van der Waals surface area contributed by atoms with Crippen LogP contribution < -0.4 is 10.6 Å². The highest BCUT2D eigenvalue weighted by Gasteiger charge is 2.37. The molecule has 0 spiro atoms. The Morgan fingerprint density at radius 3 is 2.16 bits per heavy atom. The van der Waals surface area contributed by atoms with Crippen LogP contribution in [0.4, 0.5) is 0 Å². The molecule has 14 heteroatoms. The molecule has 1 unspecified atom stereocenters. The molecule has 0 radical (unpaired) electrons. The topological polar surface area (TPSA) is 198 Å². The predicted octanol–water partition coefficient (Wildman–Crippen LogP) is 1.51. The van der Waals surface area contributed by atoms with Gasteiger partial charge in [0.25, 0.3) is 17.8 Å². The monoisotopic (exact) mass is 593 g/mol. The van der Waals surface area contributed by atoms with Gasteiger partial charge in [-0.3, -0.25) is 28.8 Å². The number of hydrogen-bond donors (Lipinski definition) is 4. The van der Waals surface area contributed by atoms with Gasteiger partial charge in [0, 0.05) is 18.1 Å². The lowest BCUT2D eigenvalue weighted by Gasteiger charge is -2.23. The Labute approximate surface area is 248 Å². The fraction of sp³-hybridized carbons (Fsp3) is 0.345. The van der Waals surface area contributed by atoms with Gasteiger partial charge in [-0.25, -0.2) is 4.98 Å². The molecule has 2 rings (SSSR count). The summed E-state index contributed by atoms with van der Waals surface area (Å²) in [6.07, 6.45) is -1.57. The molecule has 0 fully saturated rings. The Kier molecular flexibility index (Phi) is 13.6. The molecular formula is C29H32BN3O10. The molecule has 1 heterocycles. The van der Waals surface area contributed by atoms with Gasteiger partial charge < -0.3 is 30.2 Å². The quantitative estimate of drug-likeness (QED) is 0.133. The van der Waals surface area contributed by atoms with Crippen LogP contribution in [0.1, 0.15) is 50.5 Å². The number of amides is 2. The van der Waals surface area contributed by atoms with E-state index in [4.69, 9.17) is 19.5 Å². The second kappa shape index (κ2) is 17.1. The minimum Gasteiger partial charge on any atom is -0.508 e. The van der Waals surface area contributed by atoms with E-state index in [1.54, 1.807) is 50.2 Å². The summed E-state index contributed by atoms with van der Waals surface area (Å²) in [7, 11) is -1.66. The average molecular weight is 593 g/mol. The number of aliphatic carboxylic acids is 2. The van der Waals surface area contributed by atoms with Crippen molar-refractivity contribution < 1.29 is 48.3 Å². The van der Waals surface area contributed by atoms with Crippen LogP contribution in [-0.4, -0.2) is 76.4 Å². The smallest absolute Gasteiger partial charge is 0.508 e. The van der Waals surface area contributed by atoms with Gasteiger partial charge in [0.15, 0.2) is 11.8 Å². The van der Waals surface area contributed by atoms with Crippen LogP contribution in [0, 0.1) is 17.8 Å². The standard InChI is InChI=1S/C29H32BN3O10/c1-18(2)12-13-23(30(42-17-16-25(37)38)43-26(39)15-14-24(35)36)32-29(41)27(19(3)34)33-28(40)22-11-7-10-21(31-22)20-8-5-4-6-9-20/h4-11,18,23,27H,14-17H2,1-3H3,(H,32,41)(H,33,40)(H,35,36)(H,37,38)/t23?,27-/m0/s1. The second-order valence-corrected chi connectivity index (χ2v) is 9.49. The molecule has 0 aliphatic heterocycles. The number of nitrogens with one attached hydrogen (secondary N) is 2. The normalized spacial score (nSPS) is 11.7. The van der Waals surface area contributed by atoms with Crippen LogP contribution in [-0.2, 0) is 33.3 Å². The van der Waals surface area contributed by atoms with Crippen LogP contribution in [0.15, 0.2) is 48.5 Å². The van der Waals surface area contributed by atoms with Crippen molar-refractivity contribution in [2.24, 2.45) is 5.92 Å². The Hall–Kier alpha value is -5.03. The number of ketones is 1. The van der Waals surface area contributed by atoms with E-state index in [0.717, 1.165) is 12.5 Å². The Balaban J connectivity index is 2.29. The van der Waals surface area contributed by atoms with Gasteiger partial charge >= 0.3 is 19.1 Å². The summed E-state index contributed by atoms with van der Waals surface area (Å²) in [6, 6.07) is 12.0. The molecule has 0 aliphatic rings. The SMILES string of the molecule is CC(=O)[C@H](NC(=O)c1cccc(-c2ccccc2)n1)C(=O)NC(C#CC(C)C)B(OCCC(=O)O)OC(=O)CCC(=O)O. The summed E-state index contributed by atoms with van der Waals surface area (Å²) in [6.45, 7) is 4.11. The number of rotatable bonds is 15. The molecule has 2 aromatic rings. The highest BCUT2D eigenvalue weighted by atomic mass is 16.6. The molecule has 0 aliphatic carbocycles. The highest BCUT2D eigenvalue weighted by Crippen LogP contribution is 2.16. The van der Waals surface area contributed by atoms with E-state index in [1.807, 2.05) is 6.07 Å². The van der Waals surface area contributed by atoms with Gasteiger partial charge in [0.2, 0.25) is 0 Å². The summed E-state index contributed by atoms with van der Waals surface area (Å²) in [4.78, 5) is 77.2. The maximum Gasteiger partial charge on any atom is 0.564 e. The first kappa shape index (κ1) is 34.2. The van der Waals surface area contributed by atoms with E-state index >= 15 is 0 Å². The number of hydrogen-bond acceptors (Lipinski definition) is 9. The first-order chi connectivity index (χ1) is 20.4. The van der Waals surface area contributed by atoms with Gasteiger partial charge in [-0.1, -0.05) is 62.1 Å². The molecule has 1 aromatic heterocycles. The summed E-state index contributed by atoms with van der Waals surface area (Å²) in [5, 5.41) is 22.6. The van der Waals surface area contributed by atoms with Crippen molar-refractivity contribution in [1.82, 2.24) is 15.6 Å². The number of carboxylic acid groups (broad SMARTS) is 2. The average Bonchev–Trinajstić information content (AvgIpc) is 2.96. The lowest BCUT2D eigenvalue weighted by molar-refractivity contribution is -0.143. The lowest BCUT2D eigenvalue weighted by atomic mass is 9.77. The zero-order valence-electron chi connectivity index (χ0n) is 23.9. The predicted molar refractivity (Wildman–Crippen MR) is 153 cm³/mol. The van der Waals surface area contributed by atoms with E-state index in [2.05, 4.69) is 27.5 Å². The Bertz CT molecular complexity index is 1390. The van der Waals surface area contributed by atoms with Crippen LogP contribution in [0.3, 0.4) is 0 Å². The Morgan fingerprint density at radius 1 is 0.884 bits per heavy atom. The van der Waals surface area contributed by atoms with Gasteiger partial charge in [0.1, 0.15) is 11.6 Å². The number of nitrogens with zero attached hydrogens (tertiary/aromatic N) is 1. The van der Waals surface area contributed by atoms with E-state index in [-0.39, 0.29) is 11.6 Å². The minimum atomic E-state index is -1.71. The number of carboxylic acids is 2. The fourth-order valence-corrected chi connectivity index (χ4v) is 3.41. The molecule has 0 saturated carbocycles. The molecule has 1 aromatic carbocycles. The van der Waals surface area contributed by atoms with E-state index in [1.165, 1.54) is 6.07 Å². The number of carbonyl (C=O) groups excluding carboxylic acids is 4. The third-order valence-electron chi connectivity index (χ3n) is 5.48. The van der Waals surface area contributed by atoms with Crippen LogP contribution >= 0.6 is 0 Å². The summed E-state index contributed by atoms with van der Waals surface area (Å²) >= 11 is 0. The minimum absolute atomic E-state index is 0.0567. The molecule has 0 bridgehead atoms. The molecule has 0 saturated heterocycles. The first-order valence-electron chi connectivity index (χ1n) is 13.3. The zero-order chi connectivity index (χ0) is 31.9. The molecular weight excluding hydrogens is 561 g/mol.